The normalized spacial score (nSPS) is 14.0. The summed E-state index contributed by atoms with van der Waals surface area (Å²) in [5.41, 5.74) is 0. The average Bonchev–Trinajstić information content (AvgIpc) is 3.51. The number of unbranched alkanes of at least 4 members (excludes halogenated alkanes) is 38. The van der Waals surface area contributed by atoms with Gasteiger partial charge >= 0.3 is 13.8 Å². The van der Waals surface area contributed by atoms with Gasteiger partial charge in [-0.3, -0.25) is 18.6 Å². The molecule has 0 saturated heterocycles. The SMILES string of the molecule is CCCCC/C=C\C/C=C\C/C=C\CCCCCCCCCCC(=O)OC(/C=C\CCCCCCCCCCC)C(COP(=O)(O)OCC[N+](C)(C)C)NC(=O)CCCCCCCCCCCCCCCCC/C=C\C/C=C\CCCCC. The summed E-state index contributed by atoms with van der Waals surface area (Å²) in [5.74, 6) is -0.505. The predicted octanol–water partition coefficient (Wildman–Crippen LogP) is 22.3. The van der Waals surface area contributed by atoms with Crippen LogP contribution in [0.5, 0.6) is 0 Å². The Labute approximate surface area is 514 Å². The number of ether oxygens (including phenoxy) is 1. The highest BCUT2D eigenvalue weighted by Crippen LogP contribution is 2.43. The molecule has 0 aliphatic heterocycles. The van der Waals surface area contributed by atoms with Crippen molar-refractivity contribution in [2.75, 3.05) is 40.9 Å². The van der Waals surface area contributed by atoms with Crippen molar-refractivity contribution < 1.29 is 37.3 Å². The van der Waals surface area contributed by atoms with E-state index in [1.165, 1.54) is 205 Å². The number of quaternary nitrogens is 1. The molecule has 0 spiro atoms. The van der Waals surface area contributed by atoms with E-state index in [4.69, 9.17) is 13.8 Å². The van der Waals surface area contributed by atoms with Gasteiger partial charge < -0.3 is 19.4 Å². The zero-order valence-corrected chi connectivity index (χ0v) is 56.3. The third kappa shape index (κ3) is 63.8. The van der Waals surface area contributed by atoms with Crippen LogP contribution >= 0.6 is 7.82 Å². The van der Waals surface area contributed by atoms with Crippen LogP contribution in [0.4, 0.5) is 0 Å². The van der Waals surface area contributed by atoms with Gasteiger partial charge in [0.1, 0.15) is 19.3 Å². The van der Waals surface area contributed by atoms with Crippen LogP contribution in [0.2, 0.25) is 0 Å². The molecule has 0 rings (SSSR count). The van der Waals surface area contributed by atoms with E-state index in [2.05, 4.69) is 86.8 Å². The Bertz CT molecular complexity index is 1650. The minimum Gasteiger partial charge on any atom is -0.456 e. The fourth-order valence-electron chi connectivity index (χ4n) is 10.2. The molecule has 0 aliphatic rings. The van der Waals surface area contributed by atoms with Crippen LogP contribution in [0.1, 0.15) is 329 Å². The summed E-state index contributed by atoms with van der Waals surface area (Å²) in [4.78, 5) is 37.9. The number of likely N-dealkylation sites (N-methyl/N-ethyl adjacent to an activating group) is 1. The maximum absolute atomic E-state index is 13.6. The fraction of sp³-hybridized carbons (Fsp3) is 0.808. The Hall–Kier alpha value is -2.55. The van der Waals surface area contributed by atoms with Crippen molar-refractivity contribution in [3.8, 4) is 0 Å². The Balaban J connectivity index is 5.03. The minimum absolute atomic E-state index is 0.0379. The molecule has 9 nitrogen and oxygen atoms in total. The number of hydrogen-bond donors (Lipinski definition) is 2. The first-order valence-corrected chi connectivity index (χ1v) is 36.8. The lowest BCUT2D eigenvalue weighted by atomic mass is 10.0. The molecule has 0 aliphatic carbocycles. The van der Waals surface area contributed by atoms with Gasteiger partial charge in [0.2, 0.25) is 5.91 Å². The number of hydrogen-bond acceptors (Lipinski definition) is 6. The number of allylic oxidation sites excluding steroid dienone is 11. The molecule has 10 heteroatoms. The summed E-state index contributed by atoms with van der Waals surface area (Å²) in [6, 6.07) is -0.854. The van der Waals surface area contributed by atoms with Crippen molar-refractivity contribution in [1.82, 2.24) is 5.32 Å². The highest BCUT2D eigenvalue weighted by Gasteiger charge is 2.30. The lowest BCUT2D eigenvalue weighted by molar-refractivity contribution is -0.870. The van der Waals surface area contributed by atoms with Crippen LogP contribution in [-0.2, 0) is 27.9 Å². The summed E-state index contributed by atoms with van der Waals surface area (Å²) in [6.07, 6.45) is 82.0. The Kier molecular flexibility index (Phi) is 60.6. The van der Waals surface area contributed by atoms with Crippen LogP contribution in [0.25, 0.3) is 0 Å². The van der Waals surface area contributed by atoms with E-state index in [-0.39, 0.29) is 31.5 Å². The number of carbonyl (C=O) groups is 2. The zero-order valence-electron chi connectivity index (χ0n) is 55.4. The van der Waals surface area contributed by atoms with Crippen molar-refractivity contribution >= 4 is 19.7 Å². The van der Waals surface area contributed by atoms with Crippen molar-refractivity contribution in [1.29, 1.82) is 0 Å². The molecule has 0 fully saturated rings. The summed E-state index contributed by atoms with van der Waals surface area (Å²) in [6.45, 7) is 6.98. The molecule has 0 bridgehead atoms. The molecule has 1 amide bonds. The predicted molar refractivity (Wildman–Crippen MR) is 360 cm³/mol. The van der Waals surface area contributed by atoms with E-state index in [0.29, 0.717) is 17.4 Å². The topological polar surface area (TPSA) is 111 Å². The minimum atomic E-state index is -4.46. The smallest absolute Gasteiger partial charge is 0.456 e. The number of phosphoric acid groups is 1. The molecule has 0 heterocycles. The number of esters is 1. The van der Waals surface area contributed by atoms with Gasteiger partial charge in [0, 0.05) is 12.8 Å². The maximum Gasteiger partial charge on any atom is 0.472 e. The van der Waals surface area contributed by atoms with Gasteiger partial charge in [-0.05, 0) is 102 Å². The molecule has 83 heavy (non-hydrogen) atoms. The third-order valence-corrected chi connectivity index (χ3v) is 16.6. The zero-order chi connectivity index (χ0) is 60.7. The van der Waals surface area contributed by atoms with Crippen LogP contribution in [0, 0.1) is 0 Å². The number of carbonyl (C=O) groups excluding carboxylic acids is 2. The average molecular weight is 1180 g/mol. The molecule has 0 aromatic carbocycles. The molecule has 0 saturated carbocycles. The van der Waals surface area contributed by atoms with Gasteiger partial charge in [0.15, 0.2) is 0 Å². The van der Waals surface area contributed by atoms with Crippen LogP contribution in [0.3, 0.4) is 0 Å². The van der Waals surface area contributed by atoms with Gasteiger partial charge in [-0.25, -0.2) is 4.57 Å². The first-order chi connectivity index (χ1) is 40.4. The molecule has 3 atom stereocenters. The summed E-state index contributed by atoms with van der Waals surface area (Å²) < 4.78 is 30.8. The van der Waals surface area contributed by atoms with E-state index >= 15 is 0 Å². The molecule has 3 unspecified atom stereocenters. The highest BCUT2D eigenvalue weighted by atomic mass is 31.2. The monoisotopic (exact) mass is 1180 g/mol. The van der Waals surface area contributed by atoms with Crippen molar-refractivity contribution in [2.24, 2.45) is 0 Å². The number of phosphoric ester groups is 1. The molecule has 0 aromatic heterocycles. The standard InChI is InChI=1S/C73H135N2O7P/c1-7-10-13-16-19-22-25-27-29-31-33-35-36-37-38-40-41-43-45-47-50-53-56-59-62-65-72(76)74-70(69-81-83(78,79)80-68-67-75(4,5)6)71(64-61-58-55-52-49-24-21-18-15-12-9-3)82-73(77)66-63-60-57-54-51-48-46-44-42-39-34-32-30-28-26-23-20-17-14-11-8-2/h19-20,22-23,27-30,34,39,61,64,70-71H,7-18,21,24-26,31-33,35-38,40-60,62-63,65-69H2,1-6H3,(H-,74,76,78,79)/p+1/b22-19-,23-20-,29-27-,30-28-,39-34-,64-61-. The van der Waals surface area contributed by atoms with E-state index in [0.717, 1.165) is 89.9 Å². The second-order valence-corrected chi connectivity index (χ2v) is 26.5. The van der Waals surface area contributed by atoms with Gasteiger partial charge in [0.25, 0.3) is 0 Å². The van der Waals surface area contributed by atoms with Gasteiger partial charge in [-0.15, -0.1) is 0 Å². The third-order valence-electron chi connectivity index (χ3n) is 15.6. The lowest BCUT2D eigenvalue weighted by Gasteiger charge is -2.27. The van der Waals surface area contributed by atoms with Gasteiger partial charge in [-0.1, -0.05) is 287 Å². The highest BCUT2D eigenvalue weighted by molar-refractivity contribution is 7.47. The van der Waals surface area contributed by atoms with Crippen molar-refractivity contribution in [3.63, 3.8) is 0 Å². The molecular formula is C73H136N2O7P+. The second-order valence-electron chi connectivity index (χ2n) is 25.0. The second kappa shape index (κ2) is 62.5. The quantitative estimate of drug-likeness (QED) is 0.0205. The molecule has 0 radical (unpaired) electrons. The van der Waals surface area contributed by atoms with Crippen LogP contribution in [-0.4, -0.2) is 74.3 Å². The van der Waals surface area contributed by atoms with E-state index in [9.17, 15) is 19.0 Å². The largest absolute Gasteiger partial charge is 0.472 e. The van der Waals surface area contributed by atoms with Crippen molar-refractivity contribution in [3.05, 3.63) is 72.9 Å². The van der Waals surface area contributed by atoms with Crippen molar-refractivity contribution in [2.45, 2.75) is 341 Å². The Morgan fingerprint density at radius 2 is 0.735 bits per heavy atom. The number of nitrogens with zero attached hydrogens (tertiary/aromatic N) is 1. The first kappa shape index (κ1) is 80.5. The molecule has 2 N–H and O–H groups in total. The summed E-state index contributed by atoms with van der Waals surface area (Å²) >= 11 is 0. The molecule has 484 valence electrons. The maximum atomic E-state index is 13.6. The first-order valence-electron chi connectivity index (χ1n) is 35.3. The van der Waals surface area contributed by atoms with Crippen LogP contribution in [0.15, 0.2) is 72.9 Å². The summed E-state index contributed by atoms with van der Waals surface area (Å²) in [7, 11) is 1.50. The number of amides is 1. The van der Waals surface area contributed by atoms with Crippen LogP contribution < -0.4 is 5.32 Å². The van der Waals surface area contributed by atoms with E-state index in [1.54, 1.807) is 0 Å². The van der Waals surface area contributed by atoms with Gasteiger partial charge in [0.05, 0.1) is 33.8 Å². The Morgan fingerprint density at radius 3 is 1.12 bits per heavy atom. The van der Waals surface area contributed by atoms with E-state index in [1.807, 2.05) is 33.3 Å². The summed E-state index contributed by atoms with van der Waals surface area (Å²) in [5, 5.41) is 3.07. The number of rotatable bonds is 64. The van der Waals surface area contributed by atoms with E-state index < -0.39 is 20.0 Å². The van der Waals surface area contributed by atoms with Gasteiger partial charge in [-0.2, -0.15) is 0 Å². The fourth-order valence-corrected chi connectivity index (χ4v) is 10.9. The molecular weight excluding hydrogens is 1050 g/mol. The number of nitrogens with one attached hydrogen (secondary N) is 1. The Morgan fingerprint density at radius 1 is 0.422 bits per heavy atom. The molecule has 0 aromatic rings. The lowest BCUT2D eigenvalue weighted by Crippen LogP contribution is -2.47.